The van der Waals surface area contributed by atoms with Crippen LogP contribution < -0.4 is 0 Å². The van der Waals surface area contributed by atoms with Crippen LogP contribution in [0.5, 0.6) is 0 Å². The van der Waals surface area contributed by atoms with Crippen LogP contribution >= 0.6 is 27.5 Å². The van der Waals surface area contributed by atoms with Gasteiger partial charge >= 0.3 is 0 Å². The molecule has 0 atom stereocenters. The number of benzene rings is 1. The third-order valence-electron chi connectivity index (χ3n) is 4.31. The minimum absolute atomic E-state index is 0.0211. The first-order chi connectivity index (χ1) is 11.2. The fraction of sp³-hybridized carbons (Fsp3) is 0.350. The highest BCUT2D eigenvalue weighted by Crippen LogP contribution is 2.32. The Kier molecular flexibility index (Phi) is 4.52. The number of halogens is 2. The number of aromatic nitrogens is 2. The molecule has 0 amide bonds. The van der Waals surface area contributed by atoms with Crippen LogP contribution in [0.15, 0.2) is 34.8 Å². The zero-order valence-electron chi connectivity index (χ0n) is 14.7. The van der Waals surface area contributed by atoms with Crippen molar-refractivity contribution in [3.05, 3.63) is 68.0 Å². The number of hydrogen-bond donors (Lipinski definition) is 0. The number of pyridine rings is 1. The van der Waals surface area contributed by atoms with Gasteiger partial charge in [-0.2, -0.15) is 0 Å². The van der Waals surface area contributed by atoms with Gasteiger partial charge in [-0.1, -0.05) is 44.5 Å². The zero-order chi connectivity index (χ0) is 17.6. The van der Waals surface area contributed by atoms with Gasteiger partial charge in [0.2, 0.25) is 0 Å². The van der Waals surface area contributed by atoms with Crippen LogP contribution in [-0.2, 0) is 11.8 Å². The molecule has 0 aliphatic rings. The Morgan fingerprint density at radius 3 is 2.50 bits per heavy atom. The van der Waals surface area contributed by atoms with E-state index in [0.29, 0.717) is 0 Å². The average molecular weight is 406 g/mol. The van der Waals surface area contributed by atoms with Crippen molar-refractivity contribution in [1.82, 2.24) is 9.38 Å². The predicted octanol–water partition coefficient (Wildman–Crippen LogP) is 6.26. The smallest absolute Gasteiger partial charge is 0.137 e. The van der Waals surface area contributed by atoms with E-state index in [1.54, 1.807) is 0 Å². The molecular weight excluding hydrogens is 384 g/mol. The fourth-order valence-electron chi connectivity index (χ4n) is 3.19. The van der Waals surface area contributed by atoms with E-state index in [1.807, 2.05) is 18.2 Å². The Hall–Kier alpha value is -1.32. The SMILES string of the molecule is Cc1cc2nc(C(C)(C)C)c(Cc3cccc(Cl)c3)n2c(C)c1Br. The van der Waals surface area contributed by atoms with Crippen LogP contribution in [0.4, 0.5) is 0 Å². The van der Waals surface area contributed by atoms with Crippen molar-refractivity contribution < 1.29 is 0 Å². The van der Waals surface area contributed by atoms with Crippen molar-refractivity contribution in [3.63, 3.8) is 0 Å². The molecule has 4 heteroatoms. The molecule has 0 radical (unpaired) electrons. The normalized spacial score (nSPS) is 12.1. The van der Waals surface area contributed by atoms with Crippen LogP contribution in [0.25, 0.3) is 5.65 Å². The summed E-state index contributed by atoms with van der Waals surface area (Å²) >= 11 is 9.90. The van der Waals surface area contributed by atoms with E-state index in [1.165, 1.54) is 22.5 Å². The first kappa shape index (κ1) is 17.5. The summed E-state index contributed by atoms with van der Waals surface area (Å²) in [5.74, 6) is 0. The van der Waals surface area contributed by atoms with Gasteiger partial charge in [0, 0.05) is 27.0 Å². The molecule has 1 aromatic carbocycles. The lowest BCUT2D eigenvalue weighted by Gasteiger charge is -2.19. The van der Waals surface area contributed by atoms with E-state index in [0.717, 1.165) is 27.3 Å². The molecule has 0 unspecified atom stereocenters. The van der Waals surface area contributed by atoms with Crippen LogP contribution in [0, 0.1) is 13.8 Å². The molecule has 3 rings (SSSR count). The number of hydrogen-bond acceptors (Lipinski definition) is 1. The van der Waals surface area contributed by atoms with Gasteiger partial charge in [-0.3, -0.25) is 4.40 Å². The minimum atomic E-state index is -0.0211. The van der Waals surface area contributed by atoms with Crippen LogP contribution in [-0.4, -0.2) is 9.38 Å². The Bertz CT molecular complexity index is 920. The summed E-state index contributed by atoms with van der Waals surface area (Å²) in [7, 11) is 0. The summed E-state index contributed by atoms with van der Waals surface area (Å²) in [5.41, 5.74) is 6.96. The van der Waals surface area contributed by atoms with E-state index in [9.17, 15) is 0 Å². The Morgan fingerprint density at radius 2 is 1.88 bits per heavy atom. The summed E-state index contributed by atoms with van der Waals surface area (Å²) in [6.07, 6.45) is 0.810. The Balaban J connectivity index is 2.29. The van der Waals surface area contributed by atoms with E-state index in [2.05, 4.69) is 67.1 Å². The molecule has 0 saturated carbocycles. The van der Waals surface area contributed by atoms with Crippen molar-refractivity contribution in [2.75, 3.05) is 0 Å². The maximum absolute atomic E-state index is 6.18. The fourth-order valence-corrected chi connectivity index (χ4v) is 3.69. The number of nitrogens with zero attached hydrogens (tertiary/aromatic N) is 2. The lowest BCUT2D eigenvalue weighted by Crippen LogP contribution is -2.15. The van der Waals surface area contributed by atoms with Crippen molar-refractivity contribution in [1.29, 1.82) is 0 Å². The van der Waals surface area contributed by atoms with Gasteiger partial charge in [-0.25, -0.2) is 4.98 Å². The maximum atomic E-state index is 6.18. The van der Waals surface area contributed by atoms with E-state index in [-0.39, 0.29) is 5.41 Å². The molecule has 2 heterocycles. The number of fused-ring (bicyclic) bond motifs is 1. The summed E-state index contributed by atoms with van der Waals surface area (Å²) in [4.78, 5) is 4.97. The van der Waals surface area contributed by atoms with Crippen molar-refractivity contribution in [2.45, 2.75) is 46.5 Å². The molecule has 0 N–H and O–H groups in total. The largest absolute Gasteiger partial charge is 0.300 e. The monoisotopic (exact) mass is 404 g/mol. The molecule has 3 aromatic rings. The second-order valence-electron chi connectivity index (χ2n) is 7.38. The quantitative estimate of drug-likeness (QED) is 0.492. The number of aryl methyl sites for hydroxylation is 2. The first-order valence-corrected chi connectivity index (χ1v) is 9.27. The van der Waals surface area contributed by atoms with Crippen molar-refractivity contribution in [2.24, 2.45) is 0 Å². The maximum Gasteiger partial charge on any atom is 0.137 e. The van der Waals surface area contributed by atoms with Gasteiger partial charge in [0.05, 0.1) is 11.4 Å². The molecule has 2 nitrogen and oxygen atoms in total. The van der Waals surface area contributed by atoms with Gasteiger partial charge < -0.3 is 0 Å². The molecule has 126 valence electrons. The summed E-state index contributed by atoms with van der Waals surface area (Å²) in [6.45, 7) is 10.9. The third kappa shape index (κ3) is 3.12. The number of rotatable bonds is 2. The second kappa shape index (κ2) is 6.20. The van der Waals surface area contributed by atoms with Gasteiger partial charge in [0.1, 0.15) is 5.65 Å². The van der Waals surface area contributed by atoms with Crippen LogP contribution in [0.2, 0.25) is 5.02 Å². The molecule has 0 aliphatic carbocycles. The average Bonchev–Trinajstić information content (AvgIpc) is 2.83. The Labute approximate surface area is 157 Å². The summed E-state index contributed by atoms with van der Waals surface area (Å²) < 4.78 is 3.42. The van der Waals surface area contributed by atoms with Gasteiger partial charge in [0.15, 0.2) is 0 Å². The third-order valence-corrected chi connectivity index (χ3v) is 5.75. The highest BCUT2D eigenvalue weighted by atomic mass is 79.9. The van der Waals surface area contributed by atoms with Gasteiger partial charge in [0.25, 0.3) is 0 Å². The Morgan fingerprint density at radius 1 is 1.17 bits per heavy atom. The van der Waals surface area contributed by atoms with Gasteiger partial charge in [-0.15, -0.1) is 0 Å². The summed E-state index contributed by atoms with van der Waals surface area (Å²) in [5, 5.41) is 0.771. The van der Waals surface area contributed by atoms with E-state index < -0.39 is 0 Å². The van der Waals surface area contributed by atoms with E-state index in [4.69, 9.17) is 16.6 Å². The topological polar surface area (TPSA) is 17.3 Å². The molecule has 2 aromatic heterocycles. The molecule has 0 fully saturated rings. The highest BCUT2D eigenvalue weighted by Gasteiger charge is 2.25. The molecule has 0 aliphatic heterocycles. The van der Waals surface area contributed by atoms with Crippen LogP contribution in [0.1, 0.15) is 49.0 Å². The summed E-state index contributed by atoms with van der Waals surface area (Å²) in [6, 6.07) is 10.2. The van der Waals surface area contributed by atoms with Gasteiger partial charge in [-0.05, 0) is 59.1 Å². The van der Waals surface area contributed by atoms with Crippen LogP contribution in [0.3, 0.4) is 0 Å². The van der Waals surface area contributed by atoms with Crippen molar-refractivity contribution >= 4 is 33.2 Å². The number of imidazole rings is 1. The standard InChI is InChI=1S/C20H22BrClN2/c1-12-9-17-23-19(20(3,4)5)16(24(17)13(2)18(12)21)11-14-7-6-8-15(22)10-14/h6-10H,11H2,1-5H3. The second-order valence-corrected chi connectivity index (χ2v) is 8.61. The first-order valence-electron chi connectivity index (χ1n) is 8.10. The zero-order valence-corrected chi connectivity index (χ0v) is 17.1. The molecule has 24 heavy (non-hydrogen) atoms. The molecule has 0 spiro atoms. The van der Waals surface area contributed by atoms with Crippen molar-refractivity contribution in [3.8, 4) is 0 Å². The molecular formula is C20H22BrClN2. The minimum Gasteiger partial charge on any atom is -0.300 e. The van der Waals surface area contributed by atoms with E-state index >= 15 is 0 Å². The lowest BCUT2D eigenvalue weighted by atomic mass is 9.89. The lowest BCUT2D eigenvalue weighted by molar-refractivity contribution is 0.565. The molecule has 0 saturated heterocycles. The highest BCUT2D eigenvalue weighted by molar-refractivity contribution is 9.10. The predicted molar refractivity (Wildman–Crippen MR) is 105 cm³/mol. The molecule has 0 bridgehead atoms.